The number of aromatic nitrogens is 1. The van der Waals surface area contributed by atoms with Crippen molar-refractivity contribution >= 4 is 40.8 Å². The molecule has 1 aliphatic rings. The largest absolute Gasteiger partial charge is 0.394 e. The monoisotopic (exact) mass is 482 g/mol. The number of rotatable bonds is 7. The van der Waals surface area contributed by atoms with Crippen LogP contribution in [-0.4, -0.2) is 47.1 Å². The zero-order valence-electron chi connectivity index (χ0n) is 17.5. The topological polar surface area (TPSA) is 126 Å². The van der Waals surface area contributed by atoms with E-state index in [4.69, 9.17) is 32.5 Å². The fourth-order valence-electron chi connectivity index (χ4n) is 3.20. The van der Waals surface area contributed by atoms with Crippen molar-refractivity contribution in [1.29, 1.82) is 0 Å². The Morgan fingerprint density at radius 1 is 1.19 bits per heavy atom. The van der Waals surface area contributed by atoms with E-state index in [-0.39, 0.29) is 18.9 Å². The molecule has 1 aliphatic heterocycles. The lowest BCUT2D eigenvalue weighted by atomic mass is 10.0. The minimum Gasteiger partial charge on any atom is -0.394 e. The van der Waals surface area contributed by atoms with Crippen LogP contribution in [0.25, 0.3) is 0 Å². The summed E-state index contributed by atoms with van der Waals surface area (Å²) in [5.74, 6) is 0.253. The molecule has 11 heteroatoms. The molecule has 0 bridgehead atoms. The molecule has 0 unspecified atom stereocenters. The molecule has 0 radical (unpaired) electrons. The zero-order chi connectivity index (χ0) is 23.3. The lowest BCUT2D eigenvalue weighted by Crippen LogP contribution is -2.50. The molecule has 2 heterocycles. The Balaban J connectivity index is 1.51. The van der Waals surface area contributed by atoms with Crippen molar-refractivity contribution in [2.45, 2.75) is 45.1 Å². The maximum Gasteiger partial charge on any atom is 0.319 e. The standard InChI is InChI=1S/C21H24Cl2N4O5/c1-11-20(12(2)32-27-11)26-21(30)25-17-6-4-14(31-18(17)10-28)8-19(29)24-9-13-3-5-15(22)16(23)7-13/h3-7,14,17-18,28H,8-10H2,1-2H3,(H,24,29)(H2,25,26,30)/t14-,17+,18-/m0/s1. The molecule has 4 N–H and O–H groups in total. The molecule has 0 spiro atoms. The highest BCUT2D eigenvalue weighted by molar-refractivity contribution is 6.42. The second-order valence-electron chi connectivity index (χ2n) is 7.33. The van der Waals surface area contributed by atoms with Gasteiger partial charge in [-0.15, -0.1) is 0 Å². The summed E-state index contributed by atoms with van der Waals surface area (Å²) in [6.45, 7) is 3.36. The number of nitrogens with zero attached hydrogens (tertiary/aromatic N) is 1. The molecule has 3 rings (SSSR count). The molecule has 3 amide bonds. The smallest absolute Gasteiger partial charge is 0.319 e. The Hall–Kier alpha value is -2.59. The molecule has 0 saturated heterocycles. The minimum absolute atomic E-state index is 0.0618. The van der Waals surface area contributed by atoms with Crippen molar-refractivity contribution in [2.75, 3.05) is 11.9 Å². The van der Waals surface area contributed by atoms with Gasteiger partial charge in [0.25, 0.3) is 0 Å². The first-order chi connectivity index (χ1) is 15.3. The van der Waals surface area contributed by atoms with E-state index in [2.05, 4.69) is 21.1 Å². The average Bonchev–Trinajstić information content (AvgIpc) is 3.07. The van der Waals surface area contributed by atoms with Gasteiger partial charge in [-0.25, -0.2) is 4.79 Å². The summed E-state index contributed by atoms with van der Waals surface area (Å²) in [5, 5.41) is 22.5. The maximum absolute atomic E-state index is 12.3. The van der Waals surface area contributed by atoms with Crippen LogP contribution in [0.3, 0.4) is 0 Å². The van der Waals surface area contributed by atoms with Crippen molar-refractivity contribution in [3.8, 4) is 0 Å². The molecule has 1 aromatic carbocycles. The van der Waals surface area contributed by atoms with Gasteiger partial charge >= 0.3 is 6.03 Å². The number of ether oxygens (including phenoxy) is 1. The number of aliphatic hydroxyl groups excluding tert-OH is 1. The molecule has 0 fully saturated rings. The quantitative estimate of drug-likeness (QED) is 0.449. The Morgan fingerprint density at radius 2 is 1.97 bits per heavy atom. The first kappa shape index (κ1) is 24.1. The number of nitrogens with one attached hydrogen (secondary N) is 3. The highest BCUT2D eigenvalue weighted by Crippen LogP contribution is 2.23. The number of hydrogen-bond donors (Lipinski definition) is 4. The van der Waals surface area contributed by atoms with E-state index in [0.29, 0.717) is 33.7 Å². The fourth-order valence-corrected chi connectivity index (χ4v) is 3.52. The number of aryl methyl sites for hydroxylation is 2. The molecule has 0 aliphatic carbocycles. The molecule has 0 saturated carbocycles. The molecule has 32 heavy (non-hydrogen) atoms. The first-order valence-corrected chi connectivity index (χ1v) is 10.7. The van der Waals surface area contributed by atoms with Gasteiger partial charge in [-0.05, 0) is 31.5 Å². The normalized spacial score (nSPS) is 20.1. The van der Waals surface area contributed by atoms with Crippen molar-refractivity contribution in [2.24, 2.45) is 0 Å². The number of anilines is 1. The van der Waals surface area contributed by atoms with Gasteiger partial charge in [-0.2, -0.15) is 0 Å². The number of amides is 3. The molecular weight excluding hydrogens is 459 g/mol. The molecular formula is C21H24Cl2N4O5. The predicted octanol–water partition coefficient (Wildman–Crippen LogP) is 3.11. The molecule has 1 aromatic heterocycles. The summed E-state index contributed by atoms with van der Waals surface area (Å²) in [4.78, 5) is 24.6. The summed E-state index contributed by atoms with van der Waals surface area (Å²) in [5.41, 5.74) is 1.86. The summed E-state index contributed by atoms with van der Waals surface area (Å²) >= 11 is 11.9. The number of urea groups is 1. The highest BCUT2D eigenvalue weighted by atomic mass is 35.5. The third kappa shape index (κ3) is 6.23. The molecule has 2 aromatic rings. The van der Waals surface area contributed by atoms with Gasteiger partial charge < -0.3 is 30.3 Å². The van der Waals surface area contributed by atoms with Crippen LogP contribution in [0.5, 0.6) is 0 Å². The lowest BCUT2D eigenvalue weighted by molar-refractivity contribution is -0.125. The van der Waals surface area contributed by atoms with Crippen LogP contribution in [-0.2, 0) is 16.1 Å². The SMILES string of the molecule is Cc1noc(C)c1NC(=O)N[C@@H]1C=C[C@@H](CC(=O)NCc2ccc(Cl)c(Cl)c2)O[C@H]1CO. The van der Waals surface area contributed by atoms with E-state index in [9.17, 15) is 14.7 Å². The van der Waals surface area contributed by atoms with Crippen molar-refractivity contribution in [3.05, 3.63) is 57.4 Å². The Kier molecular flexibility index (Phi) is 8.14. The summed E-state index contributed by atoms with van der Waals surface area (Å²) in [6, 6.07) is 4.06. The van der Waals surface area contributed by atoms with Crippen LogP contribution in [0.2, 0.25) is 10.0 Å². The molecule has 172 valence electrons. The van der Waals surface area contributed by atoms with Gasteiger partial charge in [0.1, 0.15) is 17.5 Å². The van der Waals surface area contributed by atoms with Gasteiger partial charge in [0.05, 0.1) is 35.2 Å². The fraction of sp³-hybridized carbons (Fsp3) is 0.381. The predicted molar refractivity (Wildman–Crippen MR) is 120 cm³/mol. The minimum atomic E-state index is -0.705. The van der Waals surface area contributed by atoms with Gasteiger partial charge in [-0.1, -0.05) is 46.6 Å². The van der Waals surface area contributed by atoms with E-state index in [0.717, 1.165) is 5.56 Å². The van der Waals surface area contributed by atoms with Gasteiger partial charge in [0.15, 0.2) is 5.76 Å². The van der Waals surface area contributed by atoms with Crippen LogP contribution in [0.15, 0.2) is 34.9 Å². The molecule has 3 atom stereocenters. The number of aliphatic hydroxyl groups is 1. The lowest BCUT2D eigenvalue weighted by Gasteiger charge is -2.31. The Morgan fingerprint density at radius 3 is 2.62 bits per heavy atom. The third-order valence-corrected chi connectivity index (χ3v) is 5.63. The van der Waals surface area contributed by atoms with Crippen LogP contribution < -0.4 is 16.0 Å². The van der Waals surface area contributed by atoms with Gasteiger partial charge in [-0.3, -0.25) is 4.79 Å². The molecule has 9 nitrogen and oxygen atoms in total. The summed E-state index contributed by atoms with van der Waals surface area (Å²) in [6.07, 6.45) is 2.21. The van der Waals surface area contributed by atoms with E-state index in [1.165, 1.54) is 0 Å². The van der Waals surface area contributed by atoms with Gasteiger partial charge in [0, 0.05) is 6.54 Å². The van der Waals surface area contributed by atoms with Crippen LogP contribution in [0.4, 0.5) is 10.5 Å². The van der Waals surface area contributed by atoms with E-state index < -0.39 is 24.3 Å². The van der Waals surface area contributed by atoms with Crippen LogP contribution in [0, 0.1) is 13.8 Å². The number of carbonyl (C=O) groups is 2. The zero-order valence-corrected chi connectivity index (χ0v) is 19.0. The second kappa shape index (κ2) is 10.8. The number of hydrogen-bond acceptors (Lipinski definition) is 6. The highest BCUT2D eigenvalue weighted by Gasteiger charge is 2.29. The Bertz CT molecular complexity index is 991. The number of carbonyl (C=O) groups excluding carboxylic acids is 2. The second-order valence-corrected chi connectivity index (χ2v) is 8.15. The maximum atomic E-state index is 12.3. The first-order valence-electron chi connectivity index (χ1n) is 9.92. The summed E-state index contributed by atoms with van der Waals surface area (Å²) < 4.78 is 10.8. The Labute approximate surface area is 195 Å². The van der Waals surface area contributed by atoms with Crippen molar-refractivity contribution < 1.29 is 24.0 Å². The van der Waals surface area contributed by atoms with E-state index in [1.807, 2.05) is 0 Å². The number of benzene rings is 1. The van der Waals surface area contributed by atoms with Gasteiger partial charge in [0.2, 0.25) is 5.91 Å². The number of halogens is 2. The van der Waals surface area contributed by atoms with E-state index in [1.54, 1.807) is 44.2 Å². The summed E-state index contributed by atoms with van der Waals surface area (Å²) in [7, 11) is 0. The van der Waals surface area contributed by atoms with Crippen LogP contribution in [0.1, 0.15) is 23.4 Å². The van der Waals surface area contributed by atoms with Crippen molar-refractivity contribution in [1.82, 2.24) is 15.8 Å². The van der Waals surface area contributed by atoms with Crippen LogP contribution >= 0.6 is 23.2 Å². The van der Waals surface area contributed by atoms with Crippen molar-refractivity contribution in [3.63, 3.8) is 0 Å². The average molecular weight is 483 g/mol. The van der Waals surface area contributed by atoms with E-state index >= 15 is 0 Å². The third-order valence-electron chi connectivity index (χ3n) is 4.89.